The van der Waals surface area contributed by atoms with E-state index in [9.17, 15) is 22.8 Å². The monoisotopic (exact) mass is 397 g/mol. The fourth-order valence-electron chi connectivity index (χ4n) is 2.28. The third kappa shape index (κ3) is 5.73. The number of hydrogen-bond acceptors (Lipinski definition) is 3. The van der Waals surface area contributed by atoms with Gasteiger partial charge in [-0.25, -0.2) is 4.79 Å². The second-order valence-electron chi connectivity index (χ2n) is 6.51. The SMILES string of the molecule is CCn1cc(NC(=O)Nc2cccc(C(F)(F)F)c2)c(C(=O)NCC(C)C)n1. The molecule has 0 bridgehead atoms. The lowest BCUT2D eigenvalue weighted by Gasteiger charge is -2.11. The van der Waals surface area contributed by atoms with E-state index >= 15 is 0 Å². The molecule has 2 aromatic rings. The number of carbonyl (C=O) groups excluding carboxylic acids is 2. The van der Waals surface area contributed by atoms with Gasteiger partial charge in [0.2, 0.25) is 0 Å². The van der Waals surface area contributed by atoms with Gasteiger partial charge in [0.25, 0.3) is 5.91 Å². The third-order valence-electron chi connectivity index (χ3n) is 3.67. The molecular formula is C18H22F3N5O2. The number of aryl methyl sites for hydroxylation is 1. The van der Waals surface area contributed by atoms with Crippen LogP contribution in [-0.4, -0.2) is 28.3 Å². The second kappa shape index (κ2) is 8.77. The second-order valence-corrected chi connectivity index (χ2v) is 6.51. The van der Waals surface area contributed by atoms with E-state index in [-0.39, 0.29) is 23.0 Å². The van der Waals surface area contributed by atoms with Crippen molar-refractivity contribution in [3.8, 4) is 0 Å². The number of rotatable bonds is 6. The summed E-state index contributed by atoms with van der Waals surface area (Å²) in [4.78, 5) is 24.5. The van der Waals surface area contributed by atoms with Crippen LogP contribution in [0.5, 0.6) is 0 Å². The number of anilines is 2. The number of halogens is 3. The lowest BCUT2D eigenvalue weighted by atomic mass is 10.2. The van der Waals surface area contributed by atoms with E-state index in [1.165, 1.54) is 23.0 Å². The molecule has 0 aliphatic rings. The van der Waals surface area contributed by atoms with Gasteiger partial charge in [0.1, 0.15) is 0 Å². The molecule has 7 nitrogen and oxygen atoms in total. The van der Waals surface area contributed by atoms with Gasteiger partial charge in [-0.3, -0.25) is 9.48 Å². The number of aromatic nitrogens is 2. The lowest BCUT2D eigenvalue weighted by Crippen LogP contribution is -2.29. The van der Waals surface area contributed by atoms with Crippen LogP contribution in [0, 0.1) is 5.92 Å². The van der Waals surface area contributed by atoms with Crippen molar-refractivity contribution in [3.63, 3.8) is 0 Å². The highest BCUT2D eigenvalue weighted by Crippen LogP contribution is 2.30. The van der Waals surface area contributed by atoms with Crippen molar-refractivity contribution in [2.45, 2.75) is 33.5 Å². The van der Waals surface area contributed by atoms with Gasteiger partial charge in [0.15, 0.2) is 5.69 Å². The predicted octanol–water partition coefficient (Wildman–Crippen LogP) is 3.95. The highest BCUT2D eigenvalue weighted by atomic mass is 19.4. The molecule has 2 rings (SSSR count). The van der Waals surface area contributed by atoms with Crippen LogP contribution in [0.4, 0.5) is 29.3 Å². The van der Waals surface area contributed by atoms with Crippen LogP contribution in [0.2, 0.25) is 0 Å². The molecule has 0 saturated heterocycles. The number of urea groups is 1. The number of alkyl halides is 3. The topological polar surface area (TPSA) is 88.0 Å². The minimum absolute atomic E-state index is 0.0268. The zero-order valence-corrected chi connectivity index (χ0v) is 15.7. The zero-order chi connectivity index (χ0) is 20.9. The molecule has 152 valence electrons. The Labute approximate surface area is 160 Å². The van der Waals surface area contributed by atoms with E-state index in [0.717, 1.165) is 12.1 Å². The van der Waals surface area contributed by atoms with Gasteiger partial charge in [-0.15, -0.1) is 0 Å². The van der Waals surface area contributed by atoms with E-state index < -0.39 is 23.7 Å². The van der Waals surface area contributed by atoms with Gasteiger partial charge < -0.3 is 16.0 Å². The summed E-state index contributed by atoms with van der Waals surface area (Å²) in [6.07, 6.45) is -3.03. The summed E-state index contributed by atoms with van der Waals surface area (Å²) in [5, 5.41) is 11.6. The molecule has 0 atom stereocenters. The van der Waals surface area contributed by atoms with Gasteiger partial charge in [-0.1, -0.05) is 19.9 Å². The smallest absolute Gasteiger partial charge is 0.350 e. The molecule has 1 aromatic heterocycles. The normalized spacial score (nSPS) is 11.4. The first-order valence-corrected chi connectivity index (χ1v) is 8.71. The summed E-state index contributed by atoms with van der Waals surface area (Å²) in [6, 6.07) is 3.48. The number of amides is 3. The summed E-state index contributed by atoms with van der Waals surface area (Å²) in [7, 11) is 0. The fraction of sp³-hybridized carbons (Fsp3) is 0.389. The number of carbonyl (C=O) groups is 2. The van der Waals surface area contributed by atoms with E-state index in [2.05, 4.69) is 21.0 Å². The van der Waals surface area contributed by atoms with E-state index in [0.29, 0.717) is 13.1 Å². The molecule has 10 heteroatoms. The maximum Gasteiger partial charge on any atom is 0.416 e. The van der Waals surface area contributed by atoms with Crippen molar-refractivity contribution in [2.75, 3.05) is 17.2 Å². The molecule has 28 heavy (non-hydrogen) atoms. The molecule has 3 amide bonds. The minimum Gasteiger partial charge on any atom is -0.350 e. The van der Waals surface area contributed by atoms with Gasteiger partial charge in [0.05, 0.1) is 11.3 Å². The predicted molar refractivity (Wildman–Crippen MR) is 99.2 cm³/mol. The molecule has 3 N–H and O–H groups in total. The summed E-state index contributed by atoms with van der Waals surface area (Å²) >= 11 is 0. The van der Waals surface area contributed by atoms with Crippen LogP contribution < -0.4 is 16.0 Å². The lowest BCUT2D eigenvalue weighted by molar-refractivity contribution is -0.137. The van der Waals surface area contributed by atoms with Crippen molar-refractivity contribution in [1.82, 2.24) is 15.1 Å². The van der Waals surface area contributed by atoms with Crippen molar-refractivity contribution in [2.24, 2.45) is 5.92 Å². The Kier molecular flexibility index (Phi) is 6.66. The number of nitrogens with one attached hydrogen (secondary N) is 3. The summed E-state index contributed by atoms with van der Waals surface area (Å²) in [5.74, 6) is -0.215. The highest BCUT2D eigenvalue weighted by Gasteiger charge is 2.30. The number of benzene rings is 1. The summed E-state index contributed by atoms with van der Waals surface area (Å²) in [5.41, 5.74) is -0.715. The number of nitrogens with zero attached hydrogens (tertiary/aromatic N) is 2. The molecule has 0 unspecified atom stereocenters. The van der Waals surface area contributed by atoms with Crippen molar-refractivity contribution in [3.05, 3.63) is 41.7 Å². The molecule has 0 aliphatic carbocycles. The Morgan fingerprint density at radius 3 is 2.54 bits per heavy atom. The van der Waals surface area contributed by atoms with E-state index in [4.69, 9.17) is 0 Å². The molecule has 0 aliphatic heterocycles. The molecule has 0 spiro atoms. The van der Waals surface area contributed by atoms with Crippen LogP contribution in [0.3, 0.4) is 0 Å². The average molecular weight is 397 g/mol. The summed E-state index contributed by atoms with van der Waals surface area (Å²) in [6.45, 7) is 6.60. The fourth-order valence-corrected chi connectivity index (χ4v) is 2.28. The average Bonchev–Trinajstić information content (AvgIpc) is 3.02. The van der Waals surface area contributed by atoms with Crippen molar-refractivity contribution in [1.29, 1.82) is 0 Å². The Bertz CT molecular complexity index is 846. The zero-order valence-electron chi connectivity index (χ0n) is 15.7. The Hall–Kier alpha value is -3.04. The largest absolute Gasteiger partial charge is 0.416 e. The summed E-state index contributed by atoms with van der Waals surface area (Å²) < 4.78 is 39.8. The first kappa shape index (κ1) is 21.3. The molecule has 0 radical (unpaired) electrons. The highest BCUT2D eigenvalue weighted by molar-refractivity contribution is 6.05. The van der Waals surface area contributed by atoms with Crippen LogP contribution in [0.15, 0.2) is 30.5 Å². The van der Waals surface area contributed by atoms with Crippen LogP contribution in [0.1, 0.15) is 36.8 Å². The minimum atomic E-state index is -4.52. The Morgan fingerprint density at radius 1 is 1.21 bits per heavy atom. The van der Waals surface area contributed by atoms with E-state index in [1.54, 1.807) is 0 Å². The van der Waals surface area contributed by atoms with Gasteiger partial charge >= 0.3 is 12.2 Å². The maximum absolute atomic E-state index is 12.8. The van der Waals surface area contributed by atoms with Gasteiger partial charge in [-0.05, 0) is 31.0 Å². The third-order valence-corrected chi connectivity index (χ3v) is 3.67. The van der Waals surface area contributed by atoms with Crippen LogP contribution >= 0.6 is 0 Å². The number of hydrogen-bond donors (Lipinski definition) is 3. The molecule has 0 saturated carbocycles. The van der Waals surface area contributed by atoms with Gasteiger partial charge in [0, 0.05) is 25.0 Å². The molecule has 1 heterocycles. The van der Waals surface area contributed by atoms with Crippen molar-refractivity contribution < 1.29 is 22.8 Å². The first-order valence-electron chi connectivity index (χ1n) is 8.71. The van der Waals surface area contributed by atoms with Gasteiger partial charge in [-0.2, -0.15) is 18.3 Å². The Balaban J connectivity index is 2.13. The molecular weight excluding hydrogens is 375 g/mol. The van der Waals surface area contributed by atoms with E-state index in [1.807, 2.05) is 20.8 Å². The first-order chi connectivity index (χ1) is 13.1. The van der Waals surface area contributed by atoms with Crippen molar-refractivity contribution >= 4 is 23.3 Å². The standard InChI is InChI=1S/C18H22F3N5O2/c1-4-26-10-14(15(25-26)16(27)22-9-11(2)3)24-17(28)23-13-7-5-6-12(8-13)18(19,20)21/h5-8,10-11H,4,9H2,1-3H3,(H,22,27)(H2,23,24,28). The quantitative estimate of drug-likeness (QED) is 0.690. The molecule has 1 aromatic carbocycles. The van der Waals surface area contributed by atoms with Crippen LogP contribution in [-0.2, 0) is 12.7 Å². The maximum atomic E-state index is 12.8. The van der Waals surface area contributed by atoms with Crippen LogP contribution in [0.25, 0.3) is 0 Å². The molecule has 0 fully saturated rings. The Morgan fingerprint density at radius 2 is 1.93 bits per heavy atom.